The van der Waals surface area contributed by atoms with E-state index >= 15 is 0 Å². The second-order valence-corrected chi connectivity index (χ2v) is 6.38. The summed E-state index contributed by atoms with van der Waals surface area (Å²) < 4.78 is 11.0. The molecule has 25 heavy (non-hydrogen) atoms. The molecule has 0 bridgehead atoms. The smallest absolute Gasteiger partial charge is 0.119 e. The molecule has 1 heterocycles. The lowest BCUT2D eigenvalue weighted by atomic mass is 9.88. The molecule has 1 aliphatic rings. The molecule has 2 atom stereocenters. The molecule has 2 aromatic rings. The number of benzene rings is 2. The molecule has 0 spiro atoms. The van der Waals surface area contributed by atoms with Crippen LogP contribution in [0.1, 0.15) is 30.1 Å². The minimum atomic E-state index is -0.555. The molecule has 4 nitrogen and oxygen atoms in total. The van der Waals surface area contributed by atoms with Crippen LogP contribution in [0.25, 0.3) is 0 Å². The highest BCUT2D eigenvalue weighted by Crippen LogP contribution is 2.32. The Morgan fingerprint density at radius 2 is 1.68 bits per heavy atom. The topological polar surface area (TPSA) is 41.9 Å². The lowest BCUT2D eigenvalue weighted by Crippen LogP contribution is -2.39. The molecule has 0 amide bonds. The van der Waals surface area contributed by atoms with Crippen LogP contribution in [0.5, 0.6) is 5.75 Å². The number of morpholine rings is 1. The number of aliphatic hydroxyl groups is 1. The maximum Gasteiger partial charge on any atom is 0.119 e. The number of ether oxygens (including phenoxy) is 2. The predicted molar refractivity (Wildman–Crippen MR) is 99.0 cm³/mol. The maximum atomic E-state index is 11.1. The normalized spacial score (nSPS) is 17.8. The molecule has 0 unspecified atom stereocenters. The quantitative estimate of drug-likeness (QED) is 0.839. The largest absolute Gasteiger partial charge is 0.494 e. The molecule has 0 saturated carbocycles. The van der Waals surface area contributed by atoms with E-state index in [1.54, 1.807) is 0 Å². The van der Waals surface area contributed by atoms with E-state index in [0.717, 1.165) is 49.7 Å². The minimum Gasteiger partial charge on any atom is -0.494 e. The zero-order valence-corrected chi connectivity index (χ0v) is 14.8. The Morgan fingerprint density at radius 1 is 1.00 bits per heavy atom. The number of hydrogen-bond donors (Lipinski definition) is 1. The zero-order chi connectivity index (χ0) is 17.5. The first kappa shape index (κ1) is 17.9. The second-order valence-electron chi connectivity index (χ2n) is 6.38. The van der Waals surface area contributed by atoms with Gasteiger partial charge < -0.3 is 14.6 Å². The van der Waals surface area contributed by atoms with Crippen LogP contribution in [0.15, 0.2) is 54.6 Å². The standard InChI is InChI=1S/C21H27NO3/c1-2-25-19-10-8-18(9-11-19)21(23)20(17-6-4-3-5-7-17)16-22-12-14-24-15-13-22/h3-11,20-21,23H,2,12-16H2,1H3/t20-,21+/m1/s1. The molecular formula is C21H27NO3. The molecule has 3 rings (SSSR count). The Kier molecular flexibility index (Phi) is 6.45. The van der Waals surface area contributed by atoms with E-state index in [0.29, 0.717) is 6.61 Å². The summed E-state index contributed by atoms with van der Waals surface area (Å²) >= 11 is 0. The Hall–Kier alpha value is -1.88. The van der Waals surface area contributed by atoms with Crippen molar-refractivity contribution in [3.05, 3.63) is 65.7 Å². The van der Waals surface area contributed by atoms with E-state index in [1.165, 1.54) is 0 Å². The van der Waals surface area contributed by atoms with Crippen molar-refractivity contribution in [1.29, 1.82) is 0 Å². The van der Waals surface area contributed by atoms with Crippen LogP contribution in [-0.4, -0.2) is 49.5 Å². The van der Waals surface area contributed by atoms with Gasteiger partial charge in [0.15, 0.2) is 0 Å². The molecule has 1 saturated heterocycles. The van der Waals surface area contributed by atoms with E-state index < -0.39 is 6.10 Å². The Labute approximate surface area is 150 Å². The van der Waals surface area contributed by atoms with Gasteiger partial charge in [0.05, 0.1) is 25.9 Å². The number of rotatable bonds is 7. The van der Waals surface area contributed by atoms with Gasteiger partial charge in [0, 0.05) is 25.6 Å². The SMILES string of the molecule is CCOc1ccc([C@H](O)[C@H](CN2CCOCC2)c2ccccc2)cc1. The summed E-state index contributed by atoms with van der Waals surface area (Å²) in [6.07, 6.45) is -0.555. The van der Waals surface area contributed by atoms with Crippen molar-refractivity contribution in [3.8, 4) is 5.75 Å². The molecule has 134 valence electrons. The van der Waals surface area contributed by atoms with E-state index in [1.807, 2.05) is 49.4 Å². The molecule has 0 aliphatic carbocycles. The molecule has 1 N–H and O–H groups in total. The van der Waals surface area contributed by atoms with E-state index in [9.17, 15) is 5.11 Å². The average Bonchev–Trinajstić information content (AvgIpc) is 2.68. The Balaban J connectivity index is 1.79. The Bertz CT molecular complexity index is 623. The number of hydrogen-bond acceptors (Lipinski definition) is 4. The van der Waals surface area contributed by atoms with E-state index in [-0.39, 0.29) is 5.92 Å². The van der Waals surface area contributed by atoms with Gasteiger partial charge in [-0.05, 0) is 30.2 Å². The van der Waals surface area contributed by atoms with Gasteiger partial charge in [-0.2, -0.15) is 0 Å². The van der Waals surface area contributed by atoms with Crippen molar-refractivity contribution in [2.45, 2.75) is 18.9 Å². The first-order chi connectivity index (χ1) is 12.3. The second kappa shape index (κ2) is 8.99. The van der Waals surface area contributed by atoms with Crippen molar-refractivity contribution in [1.82, 2.24) is 4.90 Å². The highest BCUT2D eigenvalue weighted by molar-refractivity contribution is 5.32. The fraction of sp³-hybridized carbons (Fsp3) is 0.429. The third-order valence-corrected chi connectivity index (χ3v) is 4.70. The predicted octanol–water partition coefficient (Wildman–Crippen LogP) is 3.23. The lowest BCUT2D eigenvalue weighted by molar-refractivity contribution is 0.0240. The van der Waals surface area contributed by atoms with Crippen LogP contribution in [0.3, 0.4) is 0 Å². The third-order valence-electron chi connectivity index (χ3n) is 4.70. The third kappa shape index (κ3) is 4.82. The fourth-order valence-corrected chi connectivity index (χ4v) is 3.31. The van der Waals surface area contributed by atoms with Crippen LogP contribution in [0.2, 0.25) is 0 Å². The summed E-state index contributed by atoms with van der Waals surface area (Å²) in [5.74, 6) is 0.861. The van der Waals surface area contributed by atoms with Gasteiger partial charge in [-0.3, -0.25) is 4.90 Å². The molecule has 0 radical (unpaired) electrons. The summed E-state index contributed by atoms with van der Waals surface area (Å²) in [6, 6.07) is 18.1. The van der Waals surface area contributed by atoms with Crippen molar-refractivity contribution < 1.29 is 14.6 Å². The van der Waals surface area contributed by atoms with E-state index in [4.69, 9.17) is 9.47 Å². The van der Waals surface area contributed by atoms with Gasteiger partial charge in [-0.15, -0.1) is 0 Å². The van der Waals surface area contributed by atoms with Gasteiger partial charge in [0.25, 0.3) is 0 Å². The van der Waals surface area contributed by atoms with Gasteiger partial charge in [-0.1, -0.05) is 42.5 Å². The lowest BCUT2D eigenvalue weighted by Gasteiger charge is -2.33. The van der Waals surface area contributed by atoms with Crippen LogP contribution in [0.4, 0.5) is 0 Å². The summed E-state index contributed by atoms with van der Waals surface area (Å²) in [7, 11) is 0. The number of nitrogens with zero attached hydrogens (tertiary/aromatic N) is 1. The van der Waals surface area contributed by atoms with Gasteiger partial charge in [0.2, 0.25) is 0 Å². The molecule has 2 aromatic carbocycles. The first-order valence-corrected chi connectivity index (χ1v) is 9.04. The Morgan fingerprint density at radius 3 is 2.32 bits per heavy atom. The zero-order valence-electron chi connectivity index (χ0n) is 14.8. The average molecular weight is 341 g/mol. The molecular weight excluding hydrogens is 314 g/mol. The van der Waals surface area contributed by atoms with Crippen LogP contribution < -0.4 is 4.74 Å². The van der Waals surface area contributed by atoms with Gasteiger partial charge in [0.1, 0.15) is 5.75 Å². The summed E-state index contributed by atoms with van der Waals surface area (Å²) in [5, 5.41) is 11.1. The first-order valence-electron chi connectivity index (χ1n) is 9.04. The summed E-state index contributed by atoms with van der Waals surface area (Å²) in [4.78, 5) is 2.37. The number of aliphatic hydroxyl groups excluding tert-OH is 1. The van der Waals surface area contributed by atoms with Crippen molar-refractivity contribution in [2.75, 3.05) is 39.5 Å². The van der Waals surface area contributed by atoms with Gasteiger partial charge in [-0.25, -0.2) is 0 Å². The van der Waals surface area contributed by atoms with Crippen molar-refractivity contribution in [2.24, 2.45) is 0 Å². The minimum absolute atomic E-state index is 0.0252. The summed E-state index contributed by atoms with van der Waals surface area (Å²) in [6.45, 7) is 6.80. The monoisotopic (exact) mass is 341 g/mol. The van der Waals surface area contributed by atoms with Crippen LogP contribution >= 0.6 is 0 Å². The molecule has 1 aliphatic heterocycles. The fourth-order valence-electron chi connectivity index (χ4n) is 3.31. The van der Waals surface area contributed by atoms with Crippen molar-refractivity contribution in [3.63, 3.8) is 0 Å². The summed E-state index contributed by atoms with van der Waals surface area (Å²) in [5.41, 5.74) is 2.08. The highest BCUT2D eigenvalue weighted by atomic mass is 16.5. The van der Waals surface area contributed by atoms with Crippen molar-refractivity contribution >= 4 is 0 Å². The van der Waals surface area contributed by atoms with Gasteiger partial charge >= 0.3 is 0 Å². The highest BCUT2D eigenvalue weighted by Gasteiger charge is 2.26. The van der Waals surface area contributed by atoms with E-state index in [2.05, 4.69) is 17.0 Å². The molecule has 1 fully saturated rings. The molecule has 0 aromatic heterocycles. The molecule has 4 heteroatoms. The van der Waals surface area contributed by atoms with Crippen LogP contribution in [-0.2, 0) is 4.74 Å². The van der Waals surface area contributed by atoms with Crippen LogP contribution in [0, 0.1) is 0 Å². The maximum absolute atomic E-state index is 11.1.